The second-order valence-electron chi connectivity index (χ2n) is 10.2. The van der Waals surface area contributed by atoms with Gasteiger partial charge in [-0.3, -0.25) is 0 Å². The van der Waals surface area contributed by atoms with Crippen LogP contribution in [0.3, 0.4) is 0 Å². The number of hydrogen-bond donors (Lipinski definition) is 0. The van der Waals surface area contributed by atoms with E-state index in [4.69, 9.17) is 0 Å². The summed E-state index contributed by atoms with van der Waals surface area (Å²) in [6, 6.07) is 3.21. The number of nitrogens with zero attached hydrogens (tertiary/aromatic N) is 2. The molecule has 174 valence electrons. The molecule has 1 aromatic carbocycles. The zero-order chi connectivity index (χ0) is 22.3. The molecule has 6 heteroatoms. The van der Waals surface area contributed by atoms with Gasteiger partial charge in [-0.1, -0.05) is 10.6 Å². The number of fused-ring (bicyclic) bond motifs is 1. The van der Waals surface area contributed by atoms with Gasteiger partial charge < -0.3 is 9.90 Å². The summed E-state index contributed by atoms with van der Waals surface area (Å²) in [7, 11) is 0. The van der Waals surface area contributed by atoms with Crippen molar-refractivity contribution in [2.24, 2.45) is 0 Å². The fourth-order valence-corrected chi connectivity index (χ4v) is 22.0. The molecule has 0 saturated heterocycles. The first kappa shape index (κ1) is 24.4. The van der Waals surface area contributed by atoms with Gasteiger partial charge in [0.05, 0.1) is 10.7 Å². The number of carboxylic acids is 1. The molecule has 0 amide bonds. The number of hydrogen-bond acceptors (Lipinski definition) is 5. The summed E-state index contributed by atoms with van der Waals surface area (Å²) >= 11 is 0.0967. The van der Waals surface area contributed by atoms with E-state index in [1.807, 2.05) is 0 Å². The summed E-state index contributed by atoms with van der Waals surface area (Å²) in [5.74, 6) is -1.17. The molecule has 2 aromatic rings. The number of aryl methyl sites for hydroxylation is 1. The maximum Gasteiger partial charge on any atom is 0.109 e. The number of carboxylic acid groups (broad SMARTS) is 1. The molecule has 3 aliphatic carbocycles. The fraction of sp³-hybridized carbons (Fsp3) is 0.731. The molecule has 0 atom stereocenters. The van der Waals surface area contributed by atoms with Gasteiger partial charge >= 0.3 is 128 Å². The molecule has 0 bridgehead atoms. The number of carbonyl (C=O) groups excluding carboxylic acids is 1. The standard InChI is InChI=1S/C8H6N2O2S.3C6H11.Sn/c1-4-5(8(11)12)2-3-6-7(4)9-10-13-6;3*1-2-4-6-5-3-1;/h2-3H,1H3,(H,11,12);3*1H,2-6H2;/q;;;;+1/p-1. The molecule has 0 radical (unpaired) electrons. The number of aromatic nitrogens is 2. The van der Waals surface area contributed by atoms with Crippen molar-refractivity contribution in [3.05, 3.63) is 23.3 Å². The summed E-state index contributed by atoms with van der Waals surface area (Å²) in [6.07, 6.45) is 24.2. The molecule has 0 N–H and O–H groups in total. The Morgan fingerprint density at radius 1 is 0.844 bits per heavy atom. The third-order valence-electron chi connectivity index (χ3n) is 8.12. The van der Waals surface area contributed by atoms with E-state index in [1.165, 1.54) is 29.4 Å². The van der Waals surface area contributed by atoms with Crippen molar-refractivity contribution in [2.75, 3.05) is 0 Å². The van der Waals surface area contributed by atoms with Crippen LogP contribution in [0.15, 0.2) is 12.1 Å². The van der Waals surface area contributed by atoms with E-state index < -0.39 is 25.7 Å². The summed E-state index contributed by atoms with van der Waals surface area (Å²) in [5, 5.41) is 14.5. The van der Waals surface area contributed by atoms with Crippen LogP contribution in [0.4, 0.5) is 0 Å². The molecular formula is C26H38N2O2SSn. The van der Waals surface area contributed by atoms with Crippen LogP contribution >= 0.6 is 11.5 Å². The maximum atomic E-state index is 10.6. The molecule has 1 aromatic heterocycles. The Morgan fingerprint density at radius 3 is 1.75 bits per heavy atom. The number of carbonyl (C=O) groups is 1. The molecule has 0 aliphatic heterocycles. The molecule has 0 spiro atoms. The Hall–Kier alpha value is -0.691. The van der Waals surface area contributed by atoms with E-state index in [2.05, 4.69) is 9.59 Å². The average Bonchev–Trinajstić information content (AvgIpc) is 3.32. The fourth-order valence-electron chi connectivity index (χ4n) is 6.51. The van der Waals surface area contributed by atoms with Crippen molar-refractivity contribution in [1.82, 2.24) is 9.59 Å². The molecule has 3 fully saturated rings. The molecule has 4 nitrogen and oxygen atoms in total. The van der Waals surface area contributed by atoms with Gasteiger partial charge in [0.2, 0.25) is 0 Å². The molecular weight excluding hydrogens is 523 g/mol. The Morgan fingerprint density at radius 2 is 1.31 bits per heavy atom. The summed E-state index contributed by atoms with van der Waals surface area (Å²) in [6.45, 7) is 1.70. The first-order valence-corrected chi connectivity index (χ1v) is 18.7. The molecule has 5 rings (SSSR count). The van der Waals surface area contributed by atoms with Gasteiger partial charge in [-0.05, 0) is 30.1 Å². The van der Waals surface area contributed by atoms with Crippen LogP contribution in [-0.4, -0.2) is 35.3 Å². The van der Waals surface area contributed by atoms with Crippen molar-refractivity contribution < 1.29 is 9.90 Å². The van der Waals surface area contributed by atoms with Crippen molar-refractivity contribution >= 4 is 47.5 Å². The van der Waals surface area contributed by atoms with Crippen LogP contribution in [0.5, 0.6) is 0 Å². The predicted molar refractivity (Wildman–Crippen MR) is 133 cm³/mol. The molecule has 3 saturated carbocycles. The van der Waals surface area contributed by atoms with Crippen LogP contribution in [0, 0.1) is 6.92 Å². The van der Waals surface area contributed by atoms with Crippen LogP contribution in [0.2, 0.25) is 11.8 Å². The zero-order valence-electron chi connectivity index (χ0n) is 19.6. The van der Waals surface area contributed by atoms with Gasteiger partial charge in [0.1, 0.15) is 5.52 Å². The number of benzene rings is 1. The van der Waals surface area contributed by atoms with Gasteiger partial charge in [0, 0.05) is 5.56 Å². The second kappa shape index (κ2) is 12.1. The van der Waals surface area contributed by atoms with E-state index in [0.717, 1.165) is 4.70 Å². The number of aromatic carboxylic acids is 1. The van der Waals surface area contributed by atoms with Crippen LogP contribution in [0.1, 0.15) is 112 Å². The van der Waals surface area contributed by atoms with Gasteiger partial charge in [-0.25, -0.2) is 0 Å². The third kappa shape index (κ3) is 6.05. The Kier molecular flexibility index (Phi) is 9.27. The number of rotatable bonds is 4. The predicted octanol–water partition coefficient (Wildman–Crippen LogP) is 6.85. The van der Waals surface area contributed by atoms with Crippen molar-refractivity contribution in [2.45, 2.75) is 115 Å². The minimum absolute atomic E-state index is 0.181. The minimum Gasteiger partial charge on any atom is -0.545 e. The van der Waals surface area contributed by atoms with E-state index in [9.17, 15) is 9.90 Å². The Bertz CT molecular complexity index is 825. The smallest absolute Gasteiger partial charge is 0.109 e. The van der Waals surface area contributed by atoms with Crippen molar-refractivity contribution in [3.63, 3.8) is 0 Å². The quantitative estimate of drug-likeness (QED) is 0.383. The van der Waals surface area contributed by atoms with E-state index in [0.29, 0.717) is 11.1 Å². The monoisotopic (exact) mass is 562 g/mol. The first-order valence-electron chi connectivity index (χ1n) is 12.9. The van der Waals surface area contributed by atoms with E-state index in [-0.39, 0.29) is 5.56 Å². The van der Waals surface area contributed by atoms with Gasteiger partial charge in [-0.15, -0.1) is 5.10 Å². The summed E-state index contributed by atoms with van der Waals surface area (Å²) in [4.78, 5) is 10.6. The Balaban J connectivity index is 0.000000165. The van der Waals surface area contributed by atoms with Crippen molar-refractivity contribution in [3.8, 4) is 0 Å². The van der Waals surface area contributed by atoms with Crippen molar-refractivity contribution in [1.29, 1.82) is 0 Å². The molecule has 32 heavy (non-hydrogen) atoms. The largest absolute Gasteiger partial charge is 0.545 e. The maximum absolute atomic E-state index is 10.6. The van der Waals surface area contributed by atoms with Gasteiger partial charge in [0.15, 0.2) is 0 Å². The normalized spacial score (nSPS) is 21.2. The molecule has 0 unspecified atom stereocenters. The average molecular weight is 561 g/mol. The minimum atomic E-state index is -1.17. The topological polar surface area (TPSA) is 65.9 Å². The summed E-state index contributed by atoms with van der Waals surface area (Å²) < 4.78 is 8.60. The van der Waals surface area contributed by atoms with E-state index >= 15 is 0 Å². The van der Waals surface area contributed by atoms with Crippen LogP contribution in [0.25, 0.3) is 10.2 Å². The molecule has 3 aliphatic rings. The Labute approximate surface area is 204 Å². The van der Waals surface area contributed by atoms with Crippen LogP contribution < -0.4 is 5.11 Å². The van der Waals surface area contributed by atoms with Gasteiger partial charge in [0.25, 0.3) is 0 Å². The third-order valence-corrected chi connectivity index (χ3v) is 21.8. The zero-order valence-corrected chi connectivity index (χ0v) is 23.3. The summed E-state index contributed by atoms with van der Waals surface area (Å²) in [5.41, 5.74) is 1.44. The second-order valence-corrected chi connectivity index (χ2v) is 20.8. The SMILES string of the molecule is C1CC[CH]([Sn+]([CH]2CCCCC2)[CH]2CCCCC2)CC1.Cc1c(C(=O)[O-])ccc2snnc12. The first-order chi connectivity index (χ1) is 15.6. The van der Waals surface area contributed by atoms with Gasteiger partial charge in [-0.2, -0.15) is 0 Å². The van der Waals surface area contributed by atoms with E-state index in [1.54, 1.807) is 109 Å². The molecule has 1 heterocycles. The van der Waals surface area contributed by atoms with Crippen LogP contribution in [-0.2, 0) is 0 Å².